The SMILES string of the molecule is N[C@@H](CO)C(=O)NO. The third-order valence-corrected chi connectivity index (χ3v) is 0.644. The van der Waals surface area contributed by atoms with E-state index in [2.05, 4.69) is 0 Å². The Kier molecular flexibility index (Phi) is 3.09. The first-order valence-electron chi connectivity index (χ1n) is 2.02. The Hall–Kier alpha value is -0.650. The Morgan fingerprint density at radius 1 is 1.88 bits per heavy atom. The number of hydrogen-bond donors (Lipinski definition) is 4. The van der Waals surface area contributed by atoms with Gasteiger partial charge in [0.15, 0.2) is 0 Å². The fourth-order valence-corrected chi connectivity index (χ4v) is 0.166. The Morgan fingerprint density at radius 3 is 2.50 bits per heavy atom. The van der Waals surface area contributed by atoms with Crippen LogP contribution in [0.5, 0.6) is 0 Å². The summed E-state index contributed by atoms with van der Waals surface area (Å²) in [5.74, 6) is -0.785. The number of hydroxylamine groups is 1. The highest BCUT2D eigenvalue weighted by Crippen LogP contribution is 1.71. The first kappa shape index (κ1) is 7.35. The number of rotatable bonds is 2. The maximum Gasteiger partial charge on any atom is 0.262 e. The van der Waals surface area contributed by atoms with Crippen molar-refractivity contribution in [3.63, 3.8) is 0 Å². The van der Waals surface area contributed by atoms with E-state index in [4.69, 9.17) is 16.0 Å². The molecule has 0 bridgehead atoms. The maximum absolute atomic E-state index is 10.1. The van der Waals surface area contributed by atoms with E-state index in [9.17, 15) is 4.79 Å². The minimum atomic E-state index is -1.03. The van der Waals surface area contributed by atoms with Crippen LogP contribution in [0.2, 0.25) is 0 Å². The molecule has 0 saturated carbocycles. The lowest BCUT2D eigenvalue weighted by atomic mass is 10.3. The summed E-state index contributed by atoms with van der Waals surface area (Å²) in [5.41, 5.74) is 6.20. The Balaban J connectivity index is 3.46. The van der Waals surface area contributed by atoms with Gasteiger partial charge in [-0.15, -0.1) is 0 Å². The molecular weight excluding hydrogens is 112 g/mol. The molecule has 5 nitrogen and oxygen atoms in total. The summed E-state index contributed by atoms with van der Waals surface area (Å²) < 4.78 is 0. The molecule has 0 fully saturated rings. The molecule has 48 valence electrons. The summed E-state index contributed by atoms with van der Waals surface area (Å²) in [4.78, 5) is 10.1. The van der Waals surface area contributed by atoms with Crippen LogP contribution in [0.4, 0.5) is 0 Å². The van der Waals surface area contributed by atoms with Gasteiger partial charge in [0, 0.05) is 0 Å². The van der Waals surface area contributed by atoms with Gasteiger partial charge in [0.05, 0.1) is 6.61 Å². The maximum atomic E-state index is 10.1. The Bertz CT molecular complexity index is 84.6. The summed E-state index contributed by atoms with van der Waals surface area (Å²) in [7, 11) is 0. The van der Waals surface area contributed by atoms with Crippen molar-refractivity contribution in [3.05, 3.63) is 0 Å². The zero-order valence-corrected chi connectivity index (χ0v) is 4.16. The van der Waals surface area contributed by atoms with Gasteiger partial charge in [0.2, 0.25) is 0 Å². The molecule has 5 heteroatoms. The number of aliphatic hydroxyl groups is 1. The van der Waals surface area contributed by atoms with Crippen molar-refractivity contribution >= 4 is 5.91 Å². The predicted molar refractivity (Wildman–Crippen MR) is 25.0 cm³/mol. The van der Waals surface area contributed by atoms with Gasteiger partial charge in [-0.1, -0.05) is 0 Å². The van der Waals surface area contributed by atoms with Gasteiger partial charge < -0.3 is 10.8 Å². The molecule has 0 aromatic heterocycles. The highest BCUT2D eigenvalue weighted by Gasteiger charge is 2.08. The van der Waals surface area contributed by atoms with E-state index in [1.54, 1.807) is 0 Å². The topological polar surface area (TPSA) is 95.6 Å². The van der Waals surface area contributed by atoms with Gasteiger partial charge >= 0.3 is 0 Å². The number of nitrogens with two attached hydrogens (primary N) is 1. The average Bonchev–Trinajstić information content (AvgIpc) is 1.84. The first-order chi connectivity index (χ1) is 3.72. The van der Waals surface area contributed by atoms with Crippen molar-refractivity contribution < 1.29 is 15.1 Å². The second kappa shape index (κ2) is 3.36. The number of aliphatic hydroxyl groups excluding tert-OH is 1. The average molecular weight is 120 g/mol. The van der Waals surface area contributed by atoms with E-state index in [-0.39, 0.29) is 0 Å². The van der Waals surface area contributed by atoms with Crippen molar-refractivity contribution in [3.8, 4) is 0 Å². The van der Waals surface area contributed by atoms with Crippen LogP contribution < -0.4 is 11.2 Å². The quantitative estimate of drug-likeness (QED) is 0.246. The fraction of sp³-hybridized carbons (Fsp3) is 0.667. The predicted octanol–water partition coefficient (Wildman–Crippen LogP) is -2.19. The molecule has 5 N–H and O–H groups in total. The minimum absolute atomic E-state index is 0.466. The number of amides is 1. The van der Waals surface area contributed by atoms with Gasteiger partial charge in [-0.25, -0.2) is 5.48 Å². The lowest BCUT2D eigenvalue weighted by Crippen LogP contribution is -2.41. The number of hydrogen-bond acceptors (Lipinski definition) is 4. The second-order valence-corrected chi connectivity index (χ2v) is 1.27. The van der Waals surface area contributed by atoms with E-state index < -0.39 is 18.6 Å². The molecule has 0 aliphatic rings. The van der Waals surface area contributed by atoms with Crippen LogP contribution in [0.15, 0.2) is 0 Å². The van der Waals surface area contributed by atoms with Crippen molar-refractivity contribution in [2.45, 2.75) is 6.04 Å². The summed E-state index contributed by atoms with van der Waals surface area (Å²) >= 11 is 0. The van der Waals surface area contributed by atoms with Crippen molar-refractivity contribution in [2.24, 2.45) is 5.73 Å². The van der Waals surface area contributed by atoms with Crippen LogP contribution >= 0.6 is 0 Å². The van der Waals surface area contributed by atoms with Gasteiger partial charge in [-0.05, 0) is 0 Å². The lowest BCUT2D eigenvalue weighted by molar-refractivity contribution is -0.131. The van der Waals surface area contributed by atoms with E-state index in [1.165, 1.54) is 5.48 Å². The molecule has 0 aromatic rings. The molecule has 0 aliphatic carbocycles. The summed E-state index contributed by atoms with van der Waals surface area (Å²) in [6, 6.07) is -1.03. The smallest absolute Gasteiger partial charge is 0.262 e. The zero-order valence-electron chi connectivity index (χ0n) is 4.16. The van der Waals surface area contributed by atoms with Gasteiger partial charge in [-0.2, -0.15) is 0 Å². The molecule has 0 rings (SSSR count). The normalized spacial score (nSPS) is 12.9. The van der Waals surface area contributed by atoms with Crippen LogP contribution in [-0.2, 0) is 4.79 Å². The molecule has 1 atom stereocenters. The minimum Gasteiger partial charge on any atom is -0.394 e. The monoisotopic (exact) mass is 120 g/mol. The molecule has 0 saturated heterocycles. The molecular formula is C3H8N2O3. The molecule has 0 spiro atoms. The number of nitrogens with one attached hydrogen (secondary N) is 1. The molecule has 8 heavy (non-hydrogen) atoms. The molecule has 0 radical (unpaired) electrons. The largest absolute Gasteiger partial charge is 0.394 e. The Morgan fingerprint density at radius 2 is 2.38 bits per heavy atom. The van der Waals surface area contributed by atoms with Crippen molar-refractivity contribution in [1.82, 2.24) is 5.48 Å². The van der Waals surface area contributed by atoms with Gasteiger partial charge in [0.1, 0.15) is 6.04 Å². The van der Waals surface area contributed by atoms with Crippen LogP contribution in [0, 0.1) is 0 Å². The number of carbonyl (C=O) groups is 1. The summed E-state index contributed by atoms with van der Waals surface area (Å²) in [6.45, 7) is -0.466. The zero-order chi connectivity index (χ0) is 6.57. The third kappa shape index (κ3) is 1.87. The first-order valence-corrected chi connectivity index (χ1v) is 2.02. The van der Waals surface area contributed by atoms with Crippen LogP contribution in [0.25, 0.3) is 0 Å². The lowest BCUT2D eigenvalue weighted by Gasteiger charge is -2.02. The van der Waals surface area contributed by atoms with Crippen LogP contribution in [-0.4, -0.2) is 28.9 Å². The van der Waals surface area contributed by atoms with E-state index in [0.717, 1.165) is 0 Å². The van der Waals surface area contributed by atoms with E-state index in [1.807, 2.05) is 0 Å². The summed E-state index contributed by atoms with van der Waals surface area (Å²) in [5, 5.41) is 16.0. The van der Waals surface area contributed by atoms with E-state index >= 15 is 0 Å². The highest BCUT2D eigenvalue weighted by molar-refractivity contribution is 5.80. The van der Waals surface area contributed by atoms with E-state index in [0.29, 0.717) is 0 Å². The molecule has 0 unspecified atom stereocenters. The molecule has 1 amide bonds. The van der Waals surface area contributed by atoms with Crippen LogP contribution in [0.1, 0.15) is 0 Å². The van der Waals surface area contributed by atoms with Crippen molar-refractivity contribution in [2.75, 3.05) is 6.61 Å². The number of carbonyl (C=O) groups excluding carboxylic acids is 1. The molecule has 0 heterocycles. The second-order valence-electron chi connectivity index (χ2n) is 1.27. The van der Waals surface area contributed by atoms with Gasteiger partial charge in [-0.3, -0.25) is 10.0 Å². The standard InChI is InChI=1S/C3H8N2O3/c4-2(1-6)3(7)5-8/h2,6,8H,1,4H2,(H,5,7)/t2-/m0/s1. The third-order valence-electron chi connectivity index (χ3n) is 0.644. The highest BCUT2D eigenvalue weighted by atomic mass is 16.5. The molecule has 0 aromatic carbocycles. The van der Waals surface area contributed by atoms with Crippen molar-refractivity contribution in [1.29, 1.82) is 0 Å². The fourth-order valence-electron chi connectivity index (χ4n) is 0.166. The molecule has 0 aliphatic heterocycles. The van der Waals surface area contributed by atoms with Gasteiger partial charge in [0.25, 0.3) is 5.91 Å². The Labute approximate surface area is 46.1 Å². The summed E-state index contributed by atoms with van der Waals surface area (Å²) in [6.07, 6.45) is 0. The van der Waals surface area contributed by atoms with Crippen LogP contribution in [0.3, 0.4) is 0 Å².